The lowest BCUT2D eigenvalue weighted by atomic mass is 10.0. The summed E-state index contributed by atoms with van der Waals surface area (Å²) in [6.07, 6.45) is 6.22. The highest BCUT2D eigenvalue weighted by atomic mass is 16.5. The topological polar surface area (TPSA) is 64.3 Å². The molecule has 0 aromatic heterocycles. The lowest BCUT2D eigenvalue weighted by molar-refractivity contribution is 0.0601. The maximum absolute atomic E-state index is 11.5. The van der Waals surface area contributed by atoms with Gasteiger partial charge in [0.1, 0.15) is 0 Å². The molecule has 0 heterocycles. The minimum absolute atomic E-state index is 0.341. The van der Waals surface area contributed by atoms with Crippen molar-refractivity contribution in [2.75, 3.05) is 24.7 Å². The Morgan fingerprint density at radius 3 is 2.62 bits per heavy atom. The molecule has 1 rings (SSSR count). The molecule has 21 heavy (non-hydrogen) atoms. The van der Waals surface area contributed by atoms with Gasteiger partial charge in [0.25, 0.3) is 0 Å². The predicted octanol–water partition coefficient (Wildman–Crippen LogP) is 4.07. The van der Waals surface area contributed by atoms with Crippen molar-refractivity contribution < 1.29 is 9.53 Å². The van der Waals surface area contributed by atoms with Gasteiger partial charge in [0.05, 0.1) is 24.0 Å². The summed E-state index contributed by atoms with van der Waals surface area (Å²) >= 11 is 0. The fourth-order valence-corrected chi connectivity index (χ4v) is 2.21. The van der Waals surface area contributed by atoms with Crippen molar-refractivity contribution in [1.82, 2.24) is 0 Å². The highest BCUT2D eigenvalue weighted by Gasteiger charge is 2.08. The number of ether oxygens (including phenoxy) is 1. The summed E-state index contributed by atoms with van der Waals surface area (Å²) < 4.78 is 4.71. The second kappa shape index (κ2) is 9.27. The van der Waals surface area contributed by atoms with Crippen molar-refractivity contribution in [3.05, 3.63) is 23.8 Å². The SMILES string of the molecule is COC(=O)c1ccc(N)c(NCCCCCCC(C)C)c1. The van der Waals surface area contributed by atoms with Crippen LogP contribution in [0.3, 0.4) is 0 Å². The summed E-state index contributed by atoms with van der Waals surface area (Å²) in [7, 11) is 1.38. The molecule has 0 saturated heterocycles. The van der Waals surface area contributed by atoms with Crippen LogP contribution in [-0.2, 0) is 4.74 Å². The van der Waals surface area contributed by atoms with Crippen LogP contribution in [0.4, 0.5) is 11.4 Å². The largest absolute Gasteiger partial charge is 0.465 e. The molecule has 4 nitrogen and oxygen atoms in total. The fraction of sp³-hybridized carbons (Fsp3) is 0.588. The number of carbonyl (C=O) groups excluding carboxylic acids is 1. The molecule has 0 amide bonds. The minimum atomic E-state index is -0.341. The van der Waals surface area contributed by atoms with Crippen LogP contribution in [0.2, 0.25) is 0 Å². The zero-order chi connectivity index (χ0) is 15.7. The van der Waals surface area contributed by atoms with Gasteiger partial charge in [0, 0.05) is 6.54 Å². The number of esters is 1. The first-order chi connectivity index (χ1) is 10.0. The molecule has 3 N–H and O–H groups in total. The zero-order valence-electron chi connectivity index (χ0n) is 13.4. The van der Waals surface area contributed by atoms with Crippen molar-refractivity contribution in [1.29, 1.82) is 0 Å². The number of unbranched alkanes of at least 4 members (excludes halogenated alkanes) is 3. The third kappa shape index (κ3) is 6.52. The second-order valence-corrected chi connectivity index (χ2v) is 5.82. The molecule has 0 radical (unpaired) electrons. The lowest BCUT2D eigenvalue weighted by Crippen LogP contribution is -2.07. The molecular weight excluding hydrogens is 264 g/mol. The van der Waals surface area contributed by atoms with Crippen LogP contribution in [0.25, 0.3) is 0 Å². The van der Waals surface area contributed by atoms with Gasteiger partial charge in [-0.1, -0.05) is 39.5 Å². The van der Waals surface area contributed by atoms with Gasteiger partial charge in [-0.05, 0) is 30.5 Å². The molecule has 0 spiro atoms. The van der Waals surface area contributed by atoms with Gasteiger partial charge in [0.15, 0.2) is 0 Å². The summed E-state index contributed by atoms with van der Waals surface area (Å²) in [5.74, 6) is 0.454. The molecule has 0 aliphatic carbocycles. The lowest BCUT2D eigenvalue weighted by Gasteiger charge is -2.11. The second-order valence-electron chi connectivity index (χ2n) is 5.82. The Hall–Kier alpha value is -1.71. The zero-order valence-corrected chi connectivity index (χ0v) is 13.4. The van der Waals surface area contributed by atoms with Gasteiger partial charge in [-0.25, -0.2) is 4.79 Å². The highest BCUT2D eigenvalue weighted by molar-refractivity contribution is 5.91. The first kappa shape index (κ1) is 17.3. The molecule has 0 unspecified atom stereocenters. The van der Waals surface area contributed by atoms with E-state index in [1.54, 1.807) is 18.2 Å². The Bertz CT molecular complexity index is 444. The van der Waals surface area contributed by atoms with Crippen LogP contribution < -0.4 is 11.1 Å². The number of nitrogens with two attached hydrogens (primary N) is 1. The third-order valence-corrected chi connectivity index (χ3v) is 3.50. The monoisotopic (exact) mass is 292 g/mol. The van der Waals surface area contributed by atoms with Crippen molar-refractivity contribution in [3.63, 3.8) is 0 Å². The van der Waals surface area contributed by atoms with E-state index in [0.29, 0.717) is 11.3 Å². The molecule has 0 fully saturated rings. The van der Waals surface area contributed by atoms with Crippen LogP contribution in [0.15, 0.2) is 18.2 Å². The molecular formula is C17H28N2O2. The van der Waals surface area contributed by atoms with Crippen LogP contribution in [0.5, 0.6) is 0 Å². The van der Waals surface area contributed by atoms with Gasteiger partial charge in [0.2, 0.25) is 0 Å². The van der Waals surface area contributed by atoms with E-state index < -0.39 is 0 Å². The summed E-state index contributed by atoms with van der Waals surface area (Å²) in [6, 6.07) is 5.16. The molecule has 0 atom stereocenters. The smallest absolute Gasteiger partial charge is 0.337 e. The summed E-state index contributed by atoms with van der Waals surface area (Å²) in [5.41, 5.74) is 7.89. The van der Waals surface area contributed by atoms with Gasteiger partial charge < -0.3 is 15.8 Å². The molecule has 4 heteroatoms. The van der Waals surface area contributed by atoms with Crippen molar-refractivity contribution >= 4 is 17.3 Å². The average Bonchev–Trinajstić information content (AvgIpc) is 2.46. The average molecular weight is 292 g/mol. The number of anilines is 2. The number of hydrogen-bond donors (Lipinski definition) is 2. The number of nitrogen functional groups attached to an aromatic ring is 1. The van der Waals surface area contributed by atoms with Crippen LogP contribution in [0.1, 0.15) is 56.3 Å². The standard InChI is InChI=1S/C17H28N2O2/c1-13(2)8-6-4-5-7-11-19-16-12-14(17(20)21-3)9-10-15(16)18/h9-10,12-13,19H,4-8,11,18H2,1-3H3. The fourth-order valence-electron chi connectivity index (χ4n) is 2.21. The maximum Gasteiger partial charge on any atom is 0.337 e. The minimum Gasteiger partial charge on any atom is -0.465 e. The molecule has 118 valence electrons. The number of rotatable bonds is 9. The molecule has 0 aliphatic heterocycles. The Balaban J connectivity index is 2.33. The van der Waals surface area contributed by atoms with E-state index in [0.717, 1.165) is 24.6 Å². The van der Waals surface area contributed by atoms with Crippen LogP contribution >= 0.6 is 0 Å². The van der Waals surface area contributed by atoms with Gasteiger partial charge in [-0.3, -0.25) is 0 Å². The van der Waals surface area contributed by atoms with E-state index in [1.165, 1.54) is 32.8 Å². The number of carbonyl (C=O) groups is 1. The van der Waals surface area contributed by atoms with Crippen LogP contribution in [0, 0.1) is 5.92 Å². The predicted molar refractivity (Wildman–Crippen MR) is 88.6 cm³/mol. The molecule has 0 aliphatic rings. The van der Waals surface area contributed by atoms with Gasteiger partial charge in [-0.15, -0.1) is 0 Å². The van der Waals surface area contributed by atoms with E-state index in [1.807, 2.05) is 0 Å². The Labute approximate surface area is 128 Å². The van der Waals surface area contributed by atoms with Crippen molar-refractivity contribution in [3.8, 4) is 0 Å². The Morgan fingerprint density at radius 2 is 1.95 bits per heavy atom. The summed E-state index contributed by atoms with van der Waals surface area (Å²) in [4.78, 5) is 11.5. The Kier molecular flexibility index (Phi) is 7.65. The van der Waals surface area contributed by atoms with Crippen molar-refractivity contribution in [2.24, 2.45) is 5.92 Å². The van der Waals surface area contributed by atoms with E-state index >= 15 is 0 Å². The molecule has 0 saturated carbocycles. The molecule has 0 bridgehead atoms. The Morgan fingerprint density at radius 1 is 1.24 bits per heavy atom. The molecule has 1 aromatic carbocycles. The van der Waals surface area contributed by atoms with E-state index in [-0.39, 0.29) is 5.97 Å². The number of hydrogen-bond acceptors (Lipinski definition) is 4. The van der Waals surface area contributed by atoms with E-state index in [9.17, 15) is 4.79 Å². The van der Waals surface area contributed by atoms with Gasteiger partial charge >= 0.3 is 5.97 Å². The van der Waals surface area contributed by atoms with E-state index in [4.69, 9.17) is 10.5 Å². The number of nitrogens with one attached hydrogen (secondary N) is 1. The van der Waals surface area contributed by atoms with Crippen molar-refractivity contribution in [2.45, 2.75) is 46.0 Å². The maximum atomic E-state index is 11.5. The number of benzene rings is 1. The summed E-state index contributed by atoms with van der Waals surface area (Å²) in [6.45, 7) is 5.40. The quantitative estimate of drug-likeness (QED) is 0.409. The first-order valence-corrected chi connectivity index (χ1v) is 7.76. The van der Waals surface area contributed by atoms with E-state index in [2.05, 4.69) is 19.2 Å². The normalized spacial score (nSPS) is 10.7. The third-order valence-electron chi connectivity index (χ3n) is 3.50. The summed E-state index contributed by atoms with van der Waals surface area (Å²) in [5, 5.41) is 3.30. The number of methoxy groups -OCH3 is 1. The van der Waals surface area contributed by atoms with Crippen LogP contribution in [-0.4, -0.2) is 19.6 Å². The van der Waals surface area contributed by atoms with Gasteiger partial charge in [-0.2, -0.15) is 0 Å². The molecule has 1 aromatic rings. The first-order valence-electron chi connectivity index (χ1n) is 7.76. The highest BCUT2D eigenvalue weighted by Crippen LogP contribution is 2.20.